The highest BCUT2D eigenvalue weighted by atomic mass is 32.2. The zero-order valence-electron chi connectivity index (χ0n) is 17.0. The molecule has 1 saturated heterocycles. The highest BCUT2D eigenvalue weighted by Crippen LogP contribution is 2.33. The van der Waals surface area contributed by atoms with Crippen LogP contribution in [0.2, 0.25) is 0 Å². The van der Waals surface area contributed by atoms with Crippen molar-refractivity contribution >= 4 is 15.9 Å². The number of hydrogen-bond donors (Lipinski definition) is 1. The van der Waals surface area contributed by atoms with Gasteiger partial charge in [-0.15, -0.1) is 0 Å². The van der Waals surface area contributed by atoms with E-state index in [-0.39, 0.29) is 24.8 Å². The van der Waals surface area contributed by atoms with Gasteiger partial charge in [-0.1, -0.05) is 24.3 Å². The number of rotatable bonds is 5. The Morgan fingerprint density at radius 3 is 2.69 bits per heavy atom. The highest BCUT2D eigenvalue weighted by molar-refractivity contribution is 7.89. The van der Waals surface area contributed by atoms with Crippen LogP contribution in [-0.4, -0.2) is 31.7 Å². The lowest BCUT2D eigenvalue weighted by atomic mass is 9.82. The smallest absolute Gasteiger partial charge is 0.243 e. The maximum atomic E-state index is 13.3. The molecule has 0 radical (unpaired) electrons. The fourth-order valence-electron chi connectivity index (χ4n) is 3.75. The Labute approximate surface area is 172 Å². The third kappa shape index (κ3) is 4.67. The Morgan fingerprint density at radius 2 is 1.97 bits per heavy atom. The van der Waals surface area contributed by atoms with Crippen molar-refractivity contribution in [3.63, 3.8) is 0 Å². The number of halogens is 1. The van der Waals surface area contributed by atoms with Gasteiger partial charge in [0.25, 0.3) is 0 Å². The average molecular weight is 419 g/mol. The van der Waals surface area contributed by atoms with Crippen molar-refractivity contribution in [1.29, 1.82) is 0 Å². The Hall–Kier alpha value is -2.25. The molecule has 1 aliphatic rings. The second kappa shape index (κ2) is 8.24. The third-order valence-corrected chi connectivity index (χ3v) is 7.50. The fourth-order valence-corrected chi connectivity index (χ4v) is 5.66. The first-order valence-electron chi connectivity index (χ1n) is 9.72. The minimum atomic E-state index is -3.69. The summed E-state index contributed by atoms with van der Waals surface area (Å²) < 4.78 is 41.2. The van der Waals surface area contributed by atoms with Crippen LogP contribution in [0.4, 0.5) is 4.39 Å². The molecule has 1 amide bonds. The van der Waals surface area contributed by atoms with E-state index in [9.17, 15) is 17.6 Å². The lowest BCUT2D eigenvalue weighted by Crippen LogP contribution is -2.51. The molecule has 1 unspecified atom stereocenters. The Morgan fingerprint density at radius 1 is 1.21 bits per heavy atom. The topological polar surface area (TPSA) is 66.5 Å². The van der Waals surface area contributed by atoms with Crippen LogP contribution in [0.15, 0.2) is 47.4 Å². The predicted octanol–water partition coefficient (Wildman–Crippen LogP) is 3.55. The summed E-state index contributed by atoms with van der Waals surface area (Å²) in [6, 6.07) is 11.4. The van der Waals surface area contributed by atoms with Crippen molar-refractivity contribution < 1.29 is 17.6 Å². The predicted molar refractivity (Wildman–Crippen MR) is 110 cm³/mol. The standard InChI is InChI=1S/C22H27FN2O3S/c1-16-8-9-17(2)20(12-16)29(27,28)25-11-5-10-22(3,15-25)21(26)24-14-18-6-4-7-19(23)13-18/h4,6-9,12-13H,5,10-11,14-15H2,1-3H3,(H,24,26). The minimum Gasteiger partial charge on any atom is -0.352 e. The molecule has 0 saturated carbocycles. The maximum Gasteiger partial charge on any atom is 0.243 e. The fraction of sp³-hybridized carbons (Fsp3) is 0.409. The summed E-state index contributed by atoms with van der Waals surface area (Å²) >= 11 is 0. The molecule has 0 aliphatic carbocycles. The molecular weight excluding hydrogens is 391 g/mol. The molecule has 1 heterocycles. The lowest BCUT2D eigenvalue weighted by Gasteiger charge is -2.38. The van der Waals surface area contributed by atoms with Crippen molar-refractivity contribution in [2.24, 2.45) is 5.41 Å². The maximum absolute atomic E-state index is 13.3. The summed E-state index contributed by atoms with van der Waals surface area (Å²) in [6.45, 7) is 6.15. The molecule has 5 nitrogen and oxygen atoms in total. The summed E-state index contributed by atoms with van der Waals surface area (Å²) in [5.41, 5.74) is 1.40. The van der Waals surface area contributed by atoms with Gasteiger partial charge in [0.15, 0.2) is 0 Å². The van der Waals surface area contributed by atoms with Crippen LogP contribution >= 0.6 is 0 Å². The molecule has 1 aliphatic heterocycles. The number of nitrogens with one attached hydrogen (secondary N) is 1. The van der Waals surface area contributed by atoms with Gasteiger partial charge < -0.3 is 5.32 Å². The molecule has 7 heteroatoms. The van der Waals surface area contributed by atoms with Crippen LogP contribution in [0.5, 0.6) is 0 Å². The van der Waals surface area contributed by atoms with Gasteiger partial charge in [-0.3, -0.25) is 4.79 Å². The summed E-state index contributed by atoms with van der Waals surface area (Å²) in [5, 5.41) is 2.84. The Balaban J connectivity index is 1.76. The van der Waals surface area contributed by atoms with Crippen molar-refractivity contribution in [3.8, 4) is 0 Å². The number of piperidine rings is 1. The number of nitrogens with zero attached hydrogens (tertiary/aromatic N) is 1. The van der Waals surface area contributed by atoms with Crippen LogP contribution in [0.3, 0.4) is 0 Å². The molecule has 2 aromatic rings. The third-order valence-electron chi connectivity index (χ3n) is 5.51. The Kier molecular flexibility index (Phi) is 6.10. The van der Waals surface area contributed by atoms with E-state index in [0.717, 1.165) is 5.56 Å². The van der Waals surface area contributed by atoms with Gasteiger partial charge in [0.1, 0.15) is 5.82 Å². The monoisotopic (exact) mass is 418 g/mol. The van der Waals surface area contributed by atoms with Crippen molar-refractivity contribution in [2.45, 2.75) is 45.1 Å². The van der Waals surface area contributed by atoms with Crippen molar-refractivity contribution in [2.75, 3.05) is 13.1 Å². The largest absolute Gasteiger partial charge is 0.352 e. The van der Waals surface area contributed by atoms with Crippen LogP contribution < -0.4 is 5.32 Å². The quantitative estimate of drug-likeness (QED) is 0.808. The van der Waals surface area contributed by atoms with Gasteiger partial charge in [0.05, 0.1) is 10.3 Å². The van der Waals surface area contributed by atoms with E-state index < -0.39 is 15.4 Å². The zero-order valence-corrected chi connectivity index (χ0v) is 17.9. The number of aryl methyl sites for hydroxylation is 2. The summed E-state index contributed by atoms with van der Waals surface area (Å²) in [4.78, 5) is 13.2. The molecular formula is C22H27FN2O3S. The van der Waals surface area contributed by atoms with Crippen LogP contribution in [0.25, 0.3) is 0 Å². The highest BCUT2D eigenvalue weighted by Gasteiger charge is 2.42. The second-order valence-electron chi connectivity index (χ2n) is 8.08. The van der Waals surface area contributed by atoms with Gasteiger partial charge in [0, 0.05) is 19.6 Å². The zero-order chi connectivity index (χ0) is 21.2. The molecule has 0 aromatic heterocycles. The van der Waals surface area contributed by atoms with Crippen molar-refractivity contribution in [3.05, 3.63) is 65.0 Å². The average Bonchev–Trinajstić information content (AvgIpc) is 2.68. The number of carbonyl (C=O) groups is 1. The van der Waals surface area contributed by atoms with E-state index in [1.165, 1.54) is 16.4 Å². The van der Waals surface area contributed by atoms with Gasteiger partial charge >= 0.3 is 0 Å². The first kappa shape index (κ1) is 21.5. The van der Waals surface area contributed by atoms with Gasteiger partial charge in [0.2, 0.25) is 15.9 Å². The molecule has 0 spiro atoms. The van der Waals surface area contributed by atoms with E-state index in [0.29, 0.717) is 35.4 Å². The number of benzene rings is 2. The first-order valence-corrected chi connectivity index (χ1v) is 11.2. The van der Waals surface area contributed by atoms with Crippen LogP contribution in [0.1, 0.15) is 36.5 Å². The molecule has 0 bridgehead atoms. The van der Waals surface area contributed by atoms with Crippen LogP contribution in [0, 0.1) is 25.1 Å². The van der Waals surface area contributed by atoms with E-state index in [4.69, 9.17) is 0 Å². The van der Waals surface area contributed by atoms with Crippen LogP contribution in [-0.2, 0) is 21.4 Å². The molecule has 156 valence electrons. The number of carbonyl (C=O) groups excluding carboxylic acids is 1. The molecule has 2 aromatic carbocycles. The summed E-state index contributed by atoms with van der Waals surface area (Å²) in [7, 11) is -3.69. The number of sulfonamides is 1. The van der Waals surface area contributed by atoms with E-state index in [1.54, 1.807) is 38.1 Å². The van der Waals surface area contributed by atoms with Gasteiger partial charge in [-0.2, -0.15) is 4.31 Å². The molecule has 3 rings (SSSR count). The lowest BCUT2D eigenvalue weighted by molar-refractivity contribution is -0.132. The molecule has 29 heavy (non-hydrogen) atoms. The van der Waals surface area contributed by atoms with E-state index in [1.807, 2.05) is 13.0 Å². The summed E-state index contributed by atoms with van der Waals surface area (Å²) in [5.74, 6) is -0.575. The number of amides is 1. The molecule has 1 fully saturated rings. The number of hydrogen-bond acceptors (Lipinski definition) is 3. The minimum absolute atomic E-state index is 0.123. The van der Waals surface area contributed by atoms with Gasteiger partial charge in [-0.05, 0) is 68.5 Å². The first-order chi connectivity index (χ1) is 13.6. The normalized spacial score (nSPS) is 20.4. The SMILES string of the molecule is Cc1ccc(C)c(S(=O)(=O)N2CCCC(C)(C(=O)NCc3cccc(F)c3)C2)c1. The second-order valence-corrected chi connectivity index (χ2v) is 9.99. The summed E-state index contributed by atoms with van der Waals surface area (Å²) in [6.07, 6.45) is 1.20. The molecule has 1 N–H and O–H groups in total. The molecule has 1 atom stereocenters. The van der Waals surface area contributed by atoms with E-state index >= 15 is 0 Å². The van der Waals surface area contributed by atoms with Crippen molar-refractivity contribution in [1.82, 2.24) is 9.62 Å². The van der Waals surface area contributed by atoms with E-state index in [2.05, 4.69) is 5.32 Å². The Bertz CT molecular complexity index is 1020. The van der Waals surface area contributed by atoms with Gasteiger partial charge in [-0.25, -0.2) is 12.8 Å².